The highest BCUT2D eigenvalue weighted by Gasteiger charge is 2.09. The van der Waals surface area contributed by atoms with Crippen molar-refractivity contribution in [2.75, 3.05) is 36.8 Å². The van der Waals surface area contributed by atoms with Gasteiger partial charge < -0.3 is 25.8 Å². The molecule has 37 heavy (non-hydrogen) atoms. The molecule has 0 radical (unpaired) electrons. The highest BCUT2D eigenvalue weighted by atomic mass is 35.5. The molecular weight excluding hydrogens is 490 g/mol. The zero-order valence-corrected chi connectivity index (χ0v) is 21.1. The largest absolute Gasteiger partial charge is 0.368 e. The van der Waals surface area contributed by atoms with Gasteiger partial charge in [-0.3, -0.25) is 9.59 Å². The zero-order valence-electron chi connectivity index (χ0n) is 20.4. The van der Waals surface area contributed by atoms with E-state index in [1.54, 1.807) is 30.3 Å². The predicted octanol–water partition coefficient (Wildman–Crippen LogP) is 3.98. The molecule has 4 rings (SSSR count). The molecule has 0 fully saturated rings. The summed E-state index contributed by atoms with van der Waals surface area (Å²) < 4.78 is 1.98. The molecule has 0 saturated carbocycles. The van der Waals surface area contributed by atoms with Crippen LogP contribution in [0.5, 0.6) is 0 Å². The Hall–Kier alpha value is -4.37. The molecule has 10 heteroatoms. The van der Waals surface area contributed by atoms with E-state index in [0.717, 1.165) is 11.3 Å². The minimum atomic E-state index is -0.147. The topological polar surface area (TPSA) is 113 Å². The summed E-state index contributed by atoms with van der Waals surface area (Å²) in [4.78, 5) is 32.8. The molecule has 4 N–H and O–H groups in total. The molecule has 2 heterocycles. The van der Waals surface area contributed by atoms with Crippen molar-refractivity contribution in [1.29, 1.82) is 0 Å². The second-order valence-electron chi connectivity index (χ2n) is 8.20. The molecule has 2 aromatic carbocycles. The van der Waals surface area contributed by atoms with Crippen LogP contribution in [0.1, 0.15) is 17.3 Å². The van der Waals surface area contributed by atoms with Gasteiger partial charge in [-0.25, -0.2) is 9.97 Å². The Morgan fingerprint density at radius 2 is 1.41 bits per heavy atom. The number of anilines is 2. The van der Waals surface area contributed by atoms with Crippen LogP contribution in [0.2, 0.25) is 5.02 Å². The number of amides is 2. The number of halogens is 1. The summed E-state index contributed by atoms with van der Waals surface area (Å²) >= 11 is 6.02. The van der Waals surface area contributed by atoms with Crippen molar-refractivity contribution in [1.82, 2.24) is 25.2 Å². The van der Waals surface area contributed by atoms with E-state index in [-0.39, 0.29) is 11.8 Å². The van der Waals surface area contributed by atoms with Crippen molar-refractivity contribution >= 4 is 35.1 Å². The van der Waals surface area contributed by atoms with Gasteiger partial charge in [0.05, 0.1) is 0 Å². The summed E-state index contributed by atoms with van der Waals surface area (Å²) in [6.07, 6.45) is 3.91. The van der Waals surface area contributed by atoms with Crippen molar-refractivity contribution in [2.45, 2.75) is 6.92 Å². The number of carbonyl (C=O) groups is 2. The number of aromatic nitrogens is 3. The van der Waals surface area contributed by atoms with Crippen molar-refractivity contribution in [2.24, 2.45) is 0 Å². The maximum atomic E-state index is 12.5. The molecule has 9 nitrogen and oxygen atoms in total. The van der Waals surface area contributed by atoms with E-state index in [9.17, 15) is 9.59 Å². The molecule has 0 unspecified atom stereocenters. The second kappa shape index (κ2) is 12.5. The second-order valence-corrected chi connectivity index (χ2v) is 8.63. The lowest BCUT2D eigenvalue weighted by atomic mass is 10.2. The van der Waals surface area contributed by atoms with E-state index in [0.29, 0.717) is 54.2 Å². The maximum absolute atomic E-state index is 12.5. The molecule has 2 amide bonds. The van der Waals surface area contributed by atoms with Gasteiger partial charge in [0.15, 0.2) is 5.82 Å². The minimum Gasteiger partial charge on any atom is -0.368 e. The lowest BCUT2D eigenvalue weighted by Crippen LogP contribution is -2.29. The number of nitrogens with zero attached hydrogens (tertiary/aromatic N) is 3. The number of hydrogen-bond acceptors (Lipinski definition) is 6. The van der Waals surface area contributed by atoms with Gasteiger partial charge in [0.2, 0.25) is 5.91 Å². The van der Waals surface area contributed by atoms with Gasteiger partial charge in [0.1, 0.15) is 11.6 Å². The summed E-state index contributed by atoms with van der Waals surface area (Å²) in [5.74, 6) is 1.50. The van der Waals surface area contributed by atoms with Crippen LogP contribution >= 0.6 is 11.6 Å². The molecule has 4 aromatic rings. The molecule has 0 aliphatic rings. The Morgan fingerprint density at radius 1 is 0.811 bits per heavy atom. The molecule has 0 saturated heterocycles. The van der Waals surface area contributed by atoms with Crippen molar-refractivity contribution in [3.05, 3.63) is 89.7 Å². The number of carbonyl (C=O) groups excluding carboxylic acids is 2. The van der Waals surface area contributed by atoms with Gasteiger partial charge in [-0.05, 0) is 60.7 Å². The van der Waals surface area contributed by atoms with Crippen LogP contribution in [0.4, 0.5) is 11.6 Å². The van der Waals surface area contributed by atoms with Gasteiger partial charge in [0.25, 0.3) is 5.91 Å². The van der Waals surface area contributed by atoms with Crippen LogP contribution in [0.25, 0.3) is 17.1 Å². The molecule has 0 aliphatic carbocycles. The van der Waals surface area contributed by atoms with Crippen molar-refractivity contribution in [3.8, 4) is 17.1 Å². The van der Waals surface area contributed by atoms with Crippen LogP contribution < -0.4 is 21.3 Å². The fourth-order valence-electron chi connectivity index (χ4n) is 3.55. The monoisotopic (exact) mass is 517 g/mol. The molecule has 0 bridgehead atoms. The van der Waals surface area contributed by atoms with E-state index in [1.165, 1.54) is 6.92 Å². The number of rotatable bonds is 11. The van der Waals surface area contributed by atoms with Crippen molar-refractivity contribution < 1.29 is 9.59 Å². The Balaban J connectivity index is 1.35. The number of benzene rings is 2. The predicted molar refractivity (Wildman–Crippen MR) is 146 cm³/mol. The van der Waals surface area contributed by atoms with E-state index < -0.39 is 0 Å². The summed E-state index contributed by atoms with van der Waals surface area (Å²) in [7, 11) is 0. The normalized spacial score (nSPS) is 10.5. The van der Waals surface area contributed by atoms with Crippen LogP contribution in [-0.4, -0.2) is 52.5 Å². The van der Waals surface area contributed by atoms with Crippen LogP contribution in [0, 0.1) is 0 Å². The summed E-state index contributed by atoms with van der Waals surface area (Å²) in [6, 6.07) is 20.4. The number of hydrogen-bond donors (Lipinski definition) is 4. The smallest absolute Gasteiger partial charge is 0.251 e. The standard InChI is InChI=1S/C27H28ClN7O2/c1-19(36)29-12-13-30-24-18-25(34-26(33-24)20-4-8-22(28)9-5-20)31-14-15-32-27(37)21-6-10-23(11-7-21)35-16-2-3-17-35/h2-11,16-18H,12-15H2,1H3,(H,29,36)(H,32,37)(H2,30,31,33,34). The van der Waals surface area contributed by atoms with Gasteiger partial charge >= 0.3 is 0 Å². The van der Waals surface area contributed by atoms with Crippen LogP contribution in [0.3, 0.4) is 0 Å². The van der Waals surface area contributed by atoms with Gasteiger partial charge in [-0.2, -0.15) is 0 Å². The van der Waals surface area contributed by atoms with E-state index in [2.05, 4.69) is 31.2 Å². The summed E-state index contributed by atoms with van der Waals surface area (Å²) in [5, 5.41) is 12.7. The Morgan fingerprint density at radius 3 is 2.00 bits per heavy atom. The SMILES string of the molecule is CC(=O)NCCNc1cc(NCCNC(=O)c2ccc(-n3cccc3)cc2)nc(-c2ccc(Cl)cc2)n1. The van der Waals surface area contributed by atoms with E-state index in [4.69, 9.17) is 11.6 Å². The van der Waals surface area contributed by atoms with E-state index in [1.807, 2.05) is 53.4 Å². The Bertz CT molecular complexity index is 1320. The highest BCUT2D eigenvalue weighted by Crippen LogP contribution is 2.22. The van der Waals surface area contributed by atoms with Crippen LogP contribution in [0.15, 0.2) is 79.1 Å². The first-order valence-corrected chi connectivity index (χ1v) is 12.2. The Labute approximate surface area is 220 Å². The lowest BCUT2D eigenvalue weighted by Gasteiger charge is -2.12. The fourth-order valence-corrected chi connectivity index (χ4v) is 3.67. The first kappa shape index (κ1) is 25.7. The summed E-state index contributed by atoms with van der Waals surface area (Å²) in [5.41, 5.74) is 2.40. The molecular formula is C27H28ClN7O2. The molecule has 190 valence electrons. The zero-order chi connectivity index (χ0) is 26.0. The molecule has 0 spiro atoms. The Kier molecular flexibility index (Phi) is 8.72. The highest BCUT2D eigenvalue weighted by molar-refractivity contribution is 6.30. The third kappa shape index (κ3) is 7.55. The van der Waals surface area contributed by atoms with Crippen LogP contribution in [-0.2, 0) is 4.79 Å². The maximum Gasteiger partial charge on any atom is 0.251 e. The summed E-state index contributed by atoms with van der Waals surface area (Å²) in [6.45, 7) is 3.33. The minimum absolute atomic E-state index is 0.0902. The average Bonchev–Trinajstić information content (AvgIpc) is 3.44. The van der Waals surface area contributed by atoms with Gasteiger partial charge in [-0.1, -0.05) is 11.6 Å². The van der Waals surface area contributed by atoms with Gasteiger partial charge in [0, 0.05) is 73.4 Å². The quantitative estimate of drug-likeness (QED) is 0.224. The van der Waals surface area contributed by atoms with Crippen molar-refractivity contribution in [3.63, 3.8) is 0 Å². The number of nitrogens with one attached hydrogen (secondary N) is 4. The lowest BCUT2D eigenvalue weighted by molar-refractivity contribution is -0.118. The van der Waals surface area contributed by atoms with E-state index >= 15 is 0 Å². The molecule has 0 aliphatic heterocycles. The molecule has 0 atom stereocenters. The first-order valence-electron chi connectivity index (χ1n) is 11.9. The third-order valence-electron chi connectivity index (χ3n) is 5.38. The third-order valence-corrected chi connectivity index (χ3v) is 5.63. The first-order chi connectivity index (χ1) is 18.0. The molecule has 2 aromatic heterocycles. The van der Waals surface area contributed by atoms with Gasteiger partial charge in [-0.15, -0.1) is 0 Å². The fraction of sp³-hybridized carbons (Fsp3) is 0.185. The average molecular weight is 518 g/mol.